The summed E-state index contributed by atoms with van der Waals surface area (Å²) in [5, 5.41) is 3.53. The Labute approximate surface area is 142 Å². The summed E-state index contributed by atoms with van der Waals surface area (Å²) < 4.78 is 7.74. The fourth-order valence-electron chi connectivity index (χ4n) is 2.19. The van der Waals surface area contributed by atoms with Crippen molar-refractivity contribution in [2.24, 2.45) is 0 Å². The maximum absolute atomic E-state index is 5.75. The van der Waals surface area contributed by atoms with E-state index in [9.17, 15) is 0 Å². The number of aromatic amines is 1. The predicted molar refractivity (Wildman–Crippen MR) is 91.5 cm³/mol. The minimum Gasteiger partial charge on any atom is -0.492 e. The third-order valence-corrected chi connectivity index (χ3v) is 4.22. The lowest BCUT2D eigenvalue weighted by atomic mass is 10.1. The van der Waals surface area contributed by atoms with Crippen molar-refractivity contribution in [3.8, 4) is 5.75 Å². The van der Waals surface area contributed by atoms with Gasteiger partial charge in [0.05, 0.1) is 17.1 Å². The Bertz CT molecular complexity index is 573. The molecule has 0 bridgehead atoms. The molecular weight excluding hydrogens is 398 g/mol. The molecule has 6 heteroatoms. The van der Waals surface area contributed by atoms with E-state index in [0.717, 1.165) is 32.5 Å². The lowest BCUT2D eigenvalue weighted by Gasteiger charge is -2.18. The van der Waals surface area contributed by atoms with Crippen molar-refractivity contribution < 1.29 is 4.74 Å². The van der Waals surface area contributed by atoms with Crippen LogP contribution in [0.4, 0.5) is 0 Å². The van der Waals surface area contributed by atoms with Crippen LogP contribution in [-0.2, 0) is 6.54 Å². The van der Waals surface area contributed by atoms with Gasteiger partial charge in [-0.1, -0.05) is 22.9 Å². The highest BCUT2D eigenvalue weighted by Crippen LogP contribution is 2.33. The molecule has 2 rings (SSSR count). The van der Waals surface area contributed by atoms with Gasteiger partial charge in [-0.05, 0) is 41.4 Å². The Balaban J connectivity index is 2.15. The lowest BCUT2D eigenvalue weighted by Crippen LogP contribution is -2.21. The molecule has 21 heavy (non-hydrogen) atoms. The fourth-order valence-corrected chi connectivity index (χ4v) is 3.61. The number of nitrogens with one attached hydrogen (secondary N) is 2. The molecule has 0 aliphatic heterocycles. The second kappa shape index (κ2) is 7.96. The third kappa shape index (κ3) is 4.31. The first-order valence-corrected chi connectivity index (χ1v) is 8.57. The van der Waals surface area contributed by atoms with E-state index >= 15 is 0 Å². The number of nitrogens with zero attached hydrogens (tertiary/aromatic N) is 1. The van der Waals surface area contributed by atoms with E-state index in [2.05, 4.69) is 60.1 Å². The largest absolute Gasteiger partial charge is 0.492 e. The predicted octanol–water partition coefficient (Wildman–Crippen LogP) is 4.57. The molecule has 0 radical (unpaired) electrons. The maximum Gasteiger partial charge on any atom is 0.138 e. The number of hydrogen-bond donors (Lipinski definition) is 2. The number of aromatic nitrogens is 2. The summed E-state index contributed by atoms with van der Waals surface area (Å²) in [5.41, 5.74) is 1.11. The van der Waals surface area contributed by atoms with Gasteiger partial charge in [-0.3, -0.25) is 0 Å². The molecule has 0 amide bonds. The molecule has 2 N–H and O–H groups in total. The van der Waals surface area contributed by atoms with Crippen LogP contribution in [0.3, 0.4) is 0 Å². The van der Waals surface area contributed by atoms with Gasteiger partial charge in [0.2, 0.25) is 0 Å². The summed E-state index contributed by atoms with van der Waals surface area (Å²) in [5.74, 6) is 1.85. The number of imidazole rings is 1. The molecule has 0 aliphatic rings. The maximum atomic E-state index is 5.75. The number of rotatable bonds is 7. The smallest absolute Gasteiger partial charge is 0.138 e. The summed E-state index contributed by atoms with van der Waals surface area (Å²) in [7, 11) is 0. The summed E-state index contributed by atoms with van der Waals surface area (Å²) >= 11 is 7.09. The highest BCUT2D eigenvalue weighted by atomic mass is 79.9. The molecule has 114 valence electrons. The van der Waals surface area contributed by atoms with Crippen LogP contribution in [-0.4, -0.2) is 16.6 Å². The summed E-state index contributed by atoms with van der Waals surface area (Å²) in [6.45, 7) is 5.49. The van der Waals surface area contributed by atoms with Gasteiger partial charge in [0, 0.05) is 29.0 Å². The van der Waals surface area contributed by atoms with Crippen molar-refractivity contribution in [1.29, 1.82) is 0 Å². The SMILES string of the molecule is CCOc1c(Br)cc(Br)cc1CNC(CC)c1ncc[nH]1. The normalized spacial score (nSPS) is 12.4. The Morgan fingerprint density at radius 1 is 1.33 bits per heavy atom. The van der Waals surface area contributed by atoms with Crippen molar-refractivity contribution in [3.63, 3.8) is 0 Å². The molecule has 4 nitrogen and oxygen atoms in total. The number of H-pyrrole nitrogens is 1. The molecular formula is C15H19Br2N3O. The standard InChI is InChI=1S/C15H19Br2N3O/c1-3-13(15-18-5-6-19-15)20-9-10-7-11(16)8-12(17)14(10)21-4-2/h5-8,13,20H,3-4,9H2,1-2H3,(H,18,19). The van der Waals surface area contributed by atoms with Gasteiger partial charge in [0.15, 0.2) is 0 Å². The molecule has 0 aliphatic carbocycles. The highest BCUT2D eigenvalue weighted by Gasteiger charge is 2.14. The van der Waals surface area contributed by atoms with E-state index in [1.54, 1.807) is 6.20 Å². The van der Waals surface area contributed by atoms with Crippen molar-refractivity contribution in [3.05, 3.63) is 44.9 Å². The van der Waals surface area contributed by atoms with Gasteiger partial charge in [0.1, 0.15) is 11.6 Å². The molecule has 2 aromatic rings. The van der Waals surface area contributed by atoms with Crippen LogP contribution >= 0.6 is 31.9 Å². The van der Waals surface area contributed by atoms with Crippen LogP contribution < -0.4 is 10.1 Å². The number of halogens is 2. The van der Waals surface area contributed by atoms with Crippen molar-refractivity contribution in [2.75, 3.05) is 6.61 Å². The molecule has 1 aromatic carbocycles. The van der Waals surface area contributed by atoms with E-state index in [4.69, 9.17) is 4.74 Å². The summed E-state index contributed by atoms with van der Waals surface area (Å²) in [4.78, 5) is 7.49. The van der Waals surface area contributed by atoms with E-state index < -0.39 is 0 Å². The highest BCUT2D eigenvalue weighted by molar-refractivity contribution is 9.11. The van der Waals surface area contributed by atoms with Crippen LogP contribution in [0.2, 0.25) is 0 Å². The number of hydrogen-bond acceptors (Lipinski definition) is 3. The van der Waals surface area contributed by atoms with Crippen LogP contribution in [0.15, 0.2) is 33.5 Å². The lowest BCUT2D eigenvalue weighted by molar-refractivity contribution is 0.332. The first-order valence-electron chi connectivity index (χ1n) is 6.99. The zero-order chi connectivity index (χ0) is 15.2. The average Bonchev–Trinajstić information content (AvgIpc) is 2.97. The third-order valence-electron chi connectivity index (χ3n) is 3.17. The van der Waals surface area contributed by atoms with Crippen LogP contribution in [0.25, 0.3) is 0 Å². The fraction of sp³-hybridized carbons (Fsp3) is 0.400. The van der Waals surface area contributed by atoms with Crippen LogP contribution in [0.5, 0.6) is 5.75 Å². The van der Waals surface area contributed by atoms with Crippen LogP contribution in [0, 0.1) is 0 Å². The second-order valence-electron chi connectivity index (χ2n) is 4.63. The summed E-state index contributed by atoms with van der Waals surface area (Å²) in [6.07, 6.45) is 4.59. The van der Waals surface area contributed by atoms with E-state index in [-0.39, 0.29) is 6.04 Å². The molecule has 1 unspecified atom stereocenters. The van der Waals surface area contributed by atoms with Gasteiger partial charge >= 0.3 is 0 Å². The quantitative estimate of drug-likeness (QED) is 0.694. The van der Waals surface area contributed by atoms with Gasteiger partial charge in [-0.25, -0.2) is 4.98 Å². The van der Waals surface area contributed by atoms with Crippen molar-refractivity contribution in [1.82, 2.24) is 15.3 Å². The molecule has 0 fully saturated rings. The number of ether oxygens (including phenoxy) is 1. The zero-order valence-corrected chi connectivity index (χ0v) is 15.3. The first kappa shape index (κ1) is 16.5. The van der Waals surface area contributed by atoms with Gasteiger partial charge in [-0.15, -0.1) is 0 Å². The molecule has 0 saturated carbocycles. The second-order valence-corrected chi connectivity index (χ2v) is 6.40. The number of benzene rings is 1. The Hall–Kier alpha value is -0.850. The van der Waals surface area contributed by atoms with E-state index in [1.165, 1.54) is 0 Å². The molecule has 0 spiro atoms. The molecule has 1 aromatic heterocycles. The molecule has 0 saturated heterocycles. The minimum atomic E-state index is 0.201. The van der Waals surface area contributed by atoms with E-state index in [1.807, 2.05) is 19.2 Å². The van der Waals surface area contributed by atoms with Crippen molar-refractivity contribution >= 4 is 31.9 Å². The van der Waals surface area contributed by atoms with Gasteiger partial charge in [-0.2, -0.15) is 0 Å². The monoisotopic (exact) mass is 415 g/mol. The van der Waals surface area contributed by atoms with E-state index in [0.29, 0.717) is 13.2 Å². The minimum absolute atomic E-state index is 0.201. The molecule has 1 heterocycles. The summed E-state index contributed by atoms with van der Waals surface area (Å²) in [6, 6.07) is 4.28. The Kier molecular flexibility index (Phi) is 6.26. The van der Waals surface area contributed by atoms with Gasteiger partial charge < -0.3 is 15.0 Å². The zero-order valence-electron chi connectivity index (χ0n) is 12.1. The van der Waals surface area contributed by atoms with Crippen molar-refractivity contribution in [2.45, 2.75) is 32.9 Å². The Morgan fingerprint density at radius 3 is 2.76 bits per heavy atom. The first-order chi connectivity index (χ1) is 10.2. The Morgan fingerprint density at radius 2 is 2.14 bits per heavy atom. The molecule has 1 atom stereocenters. The van der Waals surface area contributed by atoms with Gasteiger partial charge in [0.25, 0.3) is 0 Å². The van der Waals surface area contributed by atoms with Crippen LogP contribution in [0.1, 0.15) is 37.7 Å². The topological polar surface area (TPSA) is 49.9 Å². The average molecular weight is 417 g/mol.